The lowest BCUT2D eigenvalue weighted by molar-refractivity contribution is 0.324. The Kier molecular flexibility index (Phi) is 4.49. The fourth-order valence-electron chi connectivity index (χ4n) is 2.81. The van der Waals surface area contributed by atoms with Crippen molar-refractivity contribution in [3.05, 3.63) is 34.8 Å². The van der Waals surface area contributed by atoms with Gasteiger partial charge in [0.05, 0.1) is 39.0 Å². The lowest BCUT2D eigenvalue weighted by Crippen LogP contribution is -1.97. The summed E-state index contributed by atoms with van der Waals surface area (Å²) < 4.78 is 18.4. The third kappa shape index (κ3) is 2.63. The molecule has 0 amide bonds. The van der Waals surface area contributed by atoms with E-state index in [1.807, 2.05) is 30.1 Å². The Labute approximate surface area is 145 Å². The smallest absolute Gasteiger partial charge is 0.203 e. The van der Waals surface area contributed by atoms with Crippen molar-refractivity contribution in [1.29, 1.82) is 0 Å². The van der Waals surface area contributed by atoms with Gasteiger partial charge in [0.25, 0.3) is 0 Å². The van der Waals surface area contributed by atoms with Crippen LogP contribution in [0.25, 0.3) is 22.5 Å². The molecular weight excluding hydrogens is 324 g/mol. The van der Waals surface area contributed by atoms with Gasteiger partial charge >= 0.3 is 0 Å². The molecule has 126 valence electrons. The second-order valence-electron chi connectivity index (χ2n) is 5.36. The Morgan fingerprint density at radius 1 is 1.04 bits per heavy atom. The highest BCUT2D eigenvalue weighted by atomic mass is 32.1. The van der Waals surface area contributed by atoms with Crippen LogP contribution < -0.4 is 14.2 Å². The molecule has 0 aliphatic heterocycles. The molecule has 24 heavy (non-hydrogen) atoms. The predicted octanol–water partition coefficient (Wildman–Crippen LogP) is 4.15. The van der Waals surface area contributed by atoms with Gasteiger partial charge < -0.3 is 18.8 Å². The standard InChI is InChI=1S/C18H20N2O3S/c1-11-13(6-7-24-11)17-16(19-10-20(17)2)12-8-14(21-3)18(23-5)15(9-12)22-4/h6-10H,1-5H3. The third-order valence-electron chi connectivity index (χ3n) is 3.99. The maximum atomic E-state index is 5.46. The van der Waals surface area contributed by atoms with Crippen molar-refractivity contribution in [3.63, 3.8) is 0 Å². The normalized spacial score (nSPS) is 10.7. The van der Waals surface area contributed by atoms with Gasteiger partial charge in [-0.15, -0.1) is 11.3 Å². The van der Waals surface area contributed by atoms with E-state index in [9.17, 15) is 0 Å². The number of nitrogens with zero attached hydrogens (tertiary/aromatic N) is 2. The summed E-state index contributed by atoms with van der Waals surface area (Å²) >= 11 is 1.73. The molecule has 3 rings (SSSR count). The van der Waals surface area contributed by atoms with Gasteiger partial charge in [-0.3, -0.25) is 0 Å². The Balaban J connectivity index is 2.23. The van der Waals surface area contributed by atoms with Crippen LogP contribution in [0.5, 0.6) is 17.2 Å². The average molecular weight is 344 g/mol. The van der Waals surface area contributed by atoms with Gasteiger partial charge in [0, 0.05) is 23.1 Å². The summed E-state index contributed by atoms with van der Waals surface area (Å²) in [6, 6.07) is 5.97. The molecule has 1 aromatic carbocycles. The topological polar surface area (TPSA) is 45.5 Å². The highest BCUT2D eigenvalue weighted by molar-refractivity contribution is 7.10. The molecule has 0 fully saturated rings. The first kappa shape index (κ1) is 16.4. The maximum Gasteiger partial charge on any atom is 0.203 e. The monoisotopic (exact) mass is 344 g/mol. The summed E-state index contributed by atoms with van der Waals surface area (Å²) in [6.45, 7) is 2.12. The number of methoxy groups -OCH3 is 3. The van der Waals surface area contributed by atoms with E-state index in [1.165, 1.54) is 10.4 Å². The third-order valence-corrected chi connectivity index (χ3v) is 4.83. The number of rotatable bonds is 5. The molecule has 0 spiro atoms. The quantitative estimate of drug-likeness (QED) is 0.697. The molecule has 0 aliphatic rings. The first-order chi connectivity index (χ1) is 11.6. The van der Waals surface area contributed by atoms with E-state index in [0.29, 0.717) is 17.2 Å². The van der Waals surface area contributed by atoms with Crippen LogP contribution in [0.4, 0.5) is 0 Å². The van der Waals surface area contributed by atoms with E-state index in [1.54, 1.807) is 32.7 Å². The number of imidazole rings is 1. The molecule has 2 heterocycles. The van der Waals surface area contributed by atoms with Crippen LogP contribution in [0, 0.1) is 6.92 Å². The van der Waals surface area contributed by atoms with Gasteiger partial charge in [-0.1, -0.05) is 0 Å². The molecule has 6 heteroatoms. The Morgan fingerprint density at radius 2 is 1.71 bits per heavy atom. The molecule has 2 aromatic heterocycles. The lowest BCUT2D eigenvalue weighted by atomic mass is 10.0. The van der Waals surface area contributed by atoms with Gasteiger partial charge in [-0.05, 0) is 30.5 Å². The second-order valence-corrected chi connectivity index (χ2v) is 6.48. The molecule has 0 atom stereocenters. The number of thiophene rings is 1. The van der Waals surface area contributed by atoms with Crippen molar-refractivity contribution in [1.82, 2.24) is 9.55 Å². The van der Waals surface area contributed by atoms with Crippen molar-refractivity contribution in [2.45, 2.75) is 6.92 Å². The van der Waals surface area contributed by atoms with Crippen LogP contribution in [0.15, 0.2) is 29.9 Å². The van der Waals surface area contributed by atoms with Crippen LogP contribution in [0.3, 0.4) is 0 Å². The highest BCUT2D eigenvalue weighted by Gasteiger charge is 2.20. The zero-order valence-electron chi connectivity index (χ0n) is 14.4. The van der Waals surface area contributed by atoms with Crippen molar-refractivity contribution >= 4 is 11.3 Å². The van der Waals surface area contributed by atoms with Crippen LogP contribution in [0.1, 0.15) is 4.88 Å². The molecule has 5 nitrogen and oxygen atoms in total. The molecule has 0 saturated carbocycles. The molecule has 0 unspecified atom stereocenters. The number of hydrogen-bond donors (Lipinski definition) is 0. The summed E-state index contributed by atoms with van der Waals surface area (Å²) in [6.07, 6.45) is 1.82. The predicted molar refractivity (Wildman–Crippen MR) is 96.4 cm³/mol. The summed E-state index contributed by atoms with van der Waals surface area (Å²) in [5.41, 5.74) is 4.07. The van der Waals surface area contributed by atoms with Gasteiger partial charge in [-0.25, -0.2) is 4.98 Å². The summed E-state index contributed by atoms with van der Waals surface area (Å²) in [5, 5.41) is 2.09. The van der Waals surface area contributed by atoms with Gasteiger partial charge in [0.1, 0.15) is 0 Å². The van der Waals surface area contributed by atoms with E-state index in [-0.39, 0.29) is 0 Å². The van der Waals surface area contributed by atoms with E-state index in [2.05, 4.69) is 23.4 Å². The largest absolute Gasteiger partial charge is 0.493 e. The van der Waals surface area contributed by atoms with Crippen LogP contribution in [-0.2, 0) is 7.05 Å². The molecular formula is C18H20N2O3S. The van der Waals surface area contributed by atoms with E-state index in [0.717, 1.165) is 17.0 Å². The number of hydrogen-bond acceptors (Lipinski definition) is 5. The number of benzene rings is 1. The Morgan fingerprint density at radius 3 is 2.21 bits per heavy atom. The molecule has 0 bridgehead atoms. The minimum atomic E-state index is 0.577. The zero-order valence-corrected chi connectivity index (χ0v) is 15.2. The average Bonchev–Trinajstić information content (AvgIpc) is 3.18. The first-order valence-electron chi connectivity index (χ1n) is 7.46. The number of ether oxygens (including phenoxy) is 3. The summed E-state index contributed by atoms with van der Waals surface area (Å²) in [4.78, 5) is 5.86. The van der Waals surface area contributed by atoms with Gasteiger partial charge in [0.15, 0.2) is 11.5 Å². The molecule has 0 saturated heterocycles. The van der Waals surface area contributed by atoms with Gasteiger partial charge in [0.2, 0.25) is 5.75 Å². The van der Waals surface area contributed by atoms with Crippen molar-refractivity contribution in [2.75, 3.05) is 21.3 Å². The van der Waals surface area contributed by atoms with Crippen LogP contribution in [-0.4, -0.2) is 30.9 Å². The lowest BCUT2D eigenvalue weighted by Gasteiger charge is -2.14. The maximum absolute atomic E-state index is 5.46. The molecule has 3 aromatic rings. The van der Waals surface area contributed by atoms with E-state index in [4.69, 9.17) is 14.2 Å². The van der Waals surface area contributed by atoms with Crippen molar-refractivity contribution in [2.24, 2.45) is 7.05 Å². The molecule has 0 radical (unpaired) electrons. The SMILES string of the molecule is COc1cc(-c2ncn(C)c2-c2ccsc2C)cc(OC)c1OC. The van der Waals surface area contributed by atoms with E-state index < -0.39 is 0 Å². The minimum Gasteiger partial charge on any atom is -0.493 e. The second kappa shape index (κ2) is 6.57. The highest BCUT2D eigenvalue weighted by Crippen LogP contribution is 2.43. The van der Waals surface area contributed by atoms with Gasteiger partial charge in [-0.2, -0.15) is 0 Å². The van der Waals surface area contributed by atoms with E-state index >= 15 is 0 Å². The fraction of sp³-hybridized carbons (Fsp3) is 0.278. The Hall–Kier alpha value is -2.47. The summed E-state index contributed by atoms with van der Waals surface area (Å²) in [7, 11) is 6.83. The van der Waals surface area contributed by atoms with Crippen LogP contribution >= 0.6 is 11.3 Å². The van der Waals surface area contributed by atoms with Crippen LogP contribution in [0.2, 0.25) is 0 Å². The number of aryl methyl sites for hydroxylation is 2. The van der Waals surface area contributed by atoms with Crippen molar-refractivity contribution in [3.8, 4) is 39.8 Å². The summed E-state index contributed by atoms with van der Waals surface area (Å²) in [5.74, 6) is 1.81. The fourth-order valence-corrected chi connectivity index (χ4v) is 3.51. The molecule has 0 aliphatic carbocycles. The molecule has 0 N–H and O–H groups in total. The minimum absolute atomic E-state index is 0.577. The van der Waals surface area contributed by atoms with Crippen molar-refractivity contribution < 1.29 is 14.2 Å². The first-order valence-corrected chi connectivity index (χ1v) is 8.34. The zero-order chi connectivity index (χ0) is 17.3. The number of aromatic nitrogens is 2. The Bertz CT molecular complexity index is 842.